The van der Waals surface area contributed by atoms with Crippen molar-refractivity contribution in [1.82, 2.24) is 15.5 Å². The van der Waals surface area contributed by atoms with E-state index in [2.05, 4.69) is 15.5 Å². The number of aromatic nitrogens is 2. The molecule has 1 atom stereocenters. The number of aromatic amines is 1. The van der Waals surface area contributed by atoms with E-state index in [-0.39, 0.29) is 12.5 Å². The molecule has 0 bridgehead atoms. The van der Waals surface area contributed by atoms with Gasteiger partial charge in [0.25, 0.3) is 5.91 Å². The van der Waals surface area contributed by atoms with Gasteiger partial charge in [0.2, 0.25) is 0 Å². The Bertz CT molecular complexity index is 829. The fourth-order valence-electron chi connectivity index (χ4n) is 2.38. The number of rotatable bonds is 5. The van der Waals surface area contributed by atoms with E-state index in [0.29, 0.717) is 17.0 Å². The highest BCUT2D eigenvalue weighted by molar-refractivity contribution is 6.04. The van der Waals surface area contributed by atoms with Crippen molar-refractivity contribution in [1.29, 1.82) is 0 Å². The highest BCUT2D eigenvalue weighted by Gasteiger charge is 2.15. The molecule has 0 fully saturated rings. The van der Waals surface area contributed by atoms with Crippen LogP contribution in [-0.2, 0) is 0 Å². The maximum Gasteiger partial charge on any atom is 0.272 e. The van der Waals surface area contributed by atoms with E-state index in [0.717, 1.165) is 10.9 Å². The van der Waals surface area contributed by atoms with Crippen molar-refractivity contribution in [3.05, 3.63) is 59.8 Å². The van der Waals surface area contributed by atoms with E-state index in [4.69, 9.17) is 4.74 Å². The molecule has 1 amide bonds. The summed E-state index contributed by atoms with van der Waals surface area (Å²) in [6, 6.07) is 14.5. The van der Waals surface area contributed by atoms with Gasteiger partial charge in [-0.1, -0.05) is 30.3 Å². The number of amides is 1. The van der Waals surface area contributed by atoms with Gasteiger partial charge in [0.05, 0.1) is 18.7 Å². The highest BCUT2D eigenvalue weighted by Crippen LogP contribution is 2.19. The number of aliphatic hydroxyl groups is 1. The summed E-state index contributed by atoms with van der Waals surface area (Å²) in [5, 5.41) is 20.5. The van der Waals surface area contributed by atoms with Gasteiger partial charge in [-0.15, -0.1) is 0 Å². The Hall–Kier alpha value is -2.86. The molecule has 3 aromatic rings. The smallest absolute Gasteiger partial charge is 0.272 e. The number of para-hydroxylation sites is 1. The molecule has 1 heterocycles. The summed E-state index contributed by atoms with van der Waals surface area (Å²) in [6.07, 6.45) is -0.820. The molecule has 23 heavy (non-hydrogen) atoms. The lowest BCUT2D eigenvalue weighted by Gasteiger charge is -2.12. The van der Waals surface area contributed by atoms with E-state index < -0.39 is 6.10 Å². The monoisotopic (exact) mass is 311 g/mol. The molecule has 2 aromatic carbocycles. The Morgan fingerprint density at radius 3 is 2.96 bits per heavy atom. The van der Waals surface area contributed by atoms with Gasteiger partial charge in [-0.05, 0) is 23.8 Å². The summed E-state index contributed by atoms with van der Waals surface area (Å²) >= 11 is 0. The lowest BCUT2D eigenvalue weighted by Crippen LogP contribution is -2.28. The number of hydrogen-bond donors (Lipinski definition) is 3. The largest absolute Gasteiger partial charge is 0.497 e. The number of nitrogens with zero attached hydrogens (tertiary/aromatic N) is 1. The first-order valence-corrected chi connectivity index (χ1v) is 7.22. The molecular weight excluding hydrogens is 294 g/mol. The van der Waals surface area contributed by atoms with E-state index in [9.17, 15) is 9.90 Å². The number of nitrogens with one attached hydrogen (secondary N) is 2. The summed E-state index contributed by atoms with van der Waals surface area (Å²) in [5.74, 6) is 0.329. The standard InChI is InChI=1S/C17H17N3O3/c1-23-12-6-4-5-11(9-12)15(21)10-18-17(22)16-13-7-2-3-8-14(13)19-20-16/h2-9,15,21H,10H2,1H3,(H,18,22)(H,19,20). The Balaban J connectivity index is 1.68. The average Bonchev–Trinajstić information content (AvgIpc) is 3.03. The van der Waals surface area contributed by atoms with Gasteiger partial charge >= 0.3 is 0 Å². The maximum absolute atomic E-state index is 12.2. The topological polar surface area (TPSA) is 87.2 Å². The predicted molar refractivity (Wildman–Crippen MR) is 86.4 cm³/mol. The summed E-state index contributed by atoms with van der Waals surface area (Å²) in [4.78, 5) is 12.2. The predicted octanol–water partition coefficient (Wildman–Crippen LogP) is 2.03. The molecule has 3 rings (SSSR count). The number of carbonyl (C=O) groups excluding carboxylic acids is 1. The fraction of sp³-hybridized carbons (Fsp3) is 0.176. The van der Waals surface area contributed by atoms with Crippen molar-refractivity contribution >= 4 is 16.8 Å². The van der Waals surface area contributed by atoms with Crippen LogP contribution in [0.2, 0.25) is 0 Å². The van der Waals surface area contributed by atoms with Crippen LogP contribution in [0.3, 0.4) is 0 Å². The van der Waals surface area contributed by atoms with Crippen molar-refractivity contribution in [2.24, 2.45) is 0 Å². The molecule has 1 aromatic heterocycles. The van der Waals surface area contributed by atoms with Crippen molar-refractivity contribution in [3.63, 3.8) is 0 Å². The Morgan fingerprint density at radius 2 is 2.13 bits per heavy atom. The number of H-pyrrole nitrogens is 1. The van der Waals surface area contributed by atoms with Crippen LogP contribution >= 0.6 is 0 Å². The zero-order valence-electron chi connectivity index (χ0n) is 12.6. The summed E-state index contributed by atoms with van der Waals surface area (Å²) in [7, 11) is 1.57. The number of methoxy groups -OCH3 is 1. The van der Waals surface area contributed by atoms with Gasteiger partial charge in [0.1, 0.15) is 5.75 Å². The molecular formula is C17H17N3O3. The van der Waals surface area contributed by atoms with Crippen LogP contribution in [-0.4, -0.2) is 34.9 Å². The van der Waals surface area contributed by atoms with E-state index in [1.165, 1.54) is 0 Å². The normalized spacial score (nSPS) is 12.1. The molecule has 0 aliphatic carbocycles. The molecule has 3 N–H and O–H groups in total. The van der Waals surface area contributed by atoms with Crippen LogP contribution in [0.15, 0.2) is 48.5 Å². The van der Waals surface area contributed by atoms with Gasteiger partial charge in [-0.3, -0.25) is 9.89 Å². The van der Waals surface area contributed by atoms with Gasteiger partial charge in [-0.25, -0.2) is 0 Å². The number of ether oxygens (including phenoxy) is 1. The molecule has 1 unspecified atom stereocenters. The molecule has 0 saturated carbocycles. The van der Waals surface area contributed by atoms with Crippen LogP contribution in [0.1, 0.15) is 22.2 Å². The minimum absolute atomic E-state index is 0.0905. The fourth-order valence-corrected chi connectivity index (χ4v) is 2.38. The lowest BCUT2D eigenvalue weighted by atomic mass is 10.1. The van der Waals surface area contributed by atoms with Crippen LogP contribution in [0.25, 0.3) is 10.9 Å². The zero-order chi connectivity index (χ0) is 16.2. The number of carbonyl (C=O) groups is 1. The number of aliphatic hydroxyl groups excluding tert-OH is 1. The molecule has 0 aliphatic rings. The quantitative estimate of drug-likeness (QED) is 0.673. The van der Waals surface area contributed by atoms with Gasteiger partial charge in [-0.2, -0.15) is 5.10 Å². The first-order valence-electron chi connectivity index (χ1n) is 7.22. The summed E-state index contributed by atoms with van der Waals surface area (Å²) < 4.78 is 5.13. The second kappa shape index (κ2) is 6.50. The zero-order valence-corrected chi connectivity index (χ0v) is 12.6. The van der Waals surface area contributed by atoms with E-state index in [1.807, 2.05) is 24.3 Å². The van der Waals surface area contributed by atoms with Crippen molar-refractivity contribution in [2.75, 3.05) is 13.7 Å². The molecule has 0 spiro atoms. The molecule has 0 aliphatic heterocycles. The van der Waals surface area contributed by atoms with Crippen molar-refractivity contribution in [2.45, 2.75) is 6.10 Å². The highest BCUT2D eigenvalue weighted by atomic mass is 16.5. The Labute approximate surface area is 133 Å². The molecule has 118 valence electrons. The third-order valence-corrected chi connectivity index (χ3v) is 3.62. The maximum atomic E-state index is 12.2. The SMILES string of the molecule is COc1cccc(C(O)CNC(=O)c2n[nH]c3ccccc23)c1. The molecule has 6 nitrogen and oxygen atoms in total. The third kappa shape index (κ3) is 3.17. The first kappa shape index (κ1) is 15.1. The van der Waals surface area contributed by atoms with Crippen LogP contribution in [0, 0.1) is 0 Å². The van der Waals surface area contributed by atoms with E-state index >= 15 is 0 Å². The minimum Gasteiger partial charge on any atom is -0.497 e. The van der Waals surface area contributed by atoms with Gasteiger partial charge in [0.15, 0.2) is 5.69 Å². The van der Waals surface area contributed by atoms with Gasteiger partial charge in [0, 0.05) is 11.9 Å². The van der Waals surface area contributed by atoms with Crippen LogP contribution < -0.4 is 10.1 Å². The Kier molecular flexibility index (Phi) is 4.25. The second-order valence-electron chi connectivity index (χ2n) is 5.12. The Morgan fingerprint density at radius 1 is 1.30 bits per heavy atom. The van der Waals surface area contributed by atoms with Crippen molar-refractivity contribution < 1.29 is 14.6 Å². The number of benzene rings is 2. The summed E-state index contributed by atoms with van der Waals surface area (Å²) in [5.41, 5.74) is 1.79. The first-order chi connectivity index (χ1) is 11.2. The summed E-state index contributed by atoms with van der Waals surface area (Å²) in [6.45, 7) is 0.0905. The average molecular weight is 311 g/mol. The van der Waals surface area contributed by atoms with Crippen LogP contribution in [0.4, 0.5) is 0 Å². The lowest BCUT2D eigenvalue weighted by molar-refractivity contribution is 0.0913. The molecule has 0 radical (unpaired) electrons. The molecule has 6 heteroatoms. The minimum atomic E-state index is -0.820. The second-order valence-corrected chi connectivity index (χ2v) is 5.12. The number of fused-ring (bicyclic) bond motifs is 1. The van der Waals surface area contributed by atoms with E-state index in [1.54, 1.807) is 31.4 Å². The number of hydrogen-bond acceptors (Lipinski definition) is 4. The third-order valence-electron chi connectivity index (χ3n) is 3.62. The molecule has 0 saturated heterocycles. The van der Waals surface area contributed by atoms with Crippen LogP contribution in [0.5, 0.6) is 5.75 Å². The van der Waals surface area contributed by atoms with Gasteiger partial charge < -0.3 is 15.2 Å². The van der Waals surface area contributed by atoms with Crippen molar-refractivity contribution in [3.8, 4) is 5.75 Å².